The fraction of sp³-hybridized carbons (Fsp3) is 0.875. The van der Waals surface area contributed by atoms with Crippen LogP contribution >= 0.6 is 0 Å². The number of piperidine rings is 1. The number of carbonyl (C=O) groups is 1. The maximum atomic E-state index is 12.2. The first-order chi connectivity index (χ1) is 9.36. The number of rotatable bonds is 2. The van der Waals surface area contributed by atoms with Crippen LogP contribution in [0, 0.1) is 22.2 Å². The second kappa shape index (κ2) is 5.73. The molecule has 1 saturated carbocycles. The van der Waals surface area contributed by atoms with Gasteiger partial charge >= 0.3 is 0 Å². The van der Waals surface area contributed by atoms with Crippen molar-refractivity contribution in [2.75, 3.05) is 13.1 Å². The van der Waals surface area contributed by atoms with Crippen molar-refractivity contribution in [2.24, 2.45) is 10.8 Å². The number of aliphatic hydroxyl groups excluding tert-OH is 1. The molecule has 0 unspecified atom stereocenters. The summed E-state index contributed by atoms with van der Waals surface area (Å²) in [6.45, 7) is 5.27. The molecule has 1 spiro atoms. The van der Waals surface area contributed by atoms with Crippen LogP contribution in [0.2, 0.25) is 0 Å². The van der Waals surface area contributed by atoms with Crippen molar-refractivity contribution >= 4 is 5.91 Å². The van der Waals surface area contributed by atoms with Gasteiger partial charge in [-0.25, -0.2) is 0 Å². The van der Waals surface area contributed by atoms with Gasteiger partial charge in [0.05, 0.1) is 17.6 Å². The molecule has 0 aromatic heterocycles. The van der Waals surface area contributed by atoms with Gasteiger partial charge in [0.25, 0.3) is 0 Å². The molecule has 4 heteroatoms. The van der Waals surface area contributed by atoms with Crippen LogP contribution in [0.1, 0.15) is 58.8 Å². The molecule has 0 bridgehead atoms. The summed E-state index contributed by atoms with van der Waals surface area (Å²) < 4.78 is 0. The zero-order chi connectivity index (χ0) is 14.8. The van der Waals surface area contributed by atoms with Crippen LogP contribution in [0.5, 0.6) is 0 Å². The van der Waals surface area contributed by atoms with Gasteiger partial charge in [0.15, 0.2) is 0 Å². The molecular weight excluding hydrogens is 252 g/mol. The summed E-state index contributed by atoms with van der Waals surface area (Å²) in [7, 11) is 0. The Kier molecular flexibility index (Phi) is 4.39. The Hall–Kier alpha value is -1.08. The number of nitriles is 1. The predicted octanol–water partition coefficient (Wildman–Crippen LogP) is 2.47. The Morgan fingerprint density at radius 2 is 1.85 bits per heavy atom. The molecule has 2 aliphatic rings. The van der Waals surface area contributed by atoms with E-state index in [9.17, 15) is 9.90 Å². The Morgan fingerprint density at radius 1 is 1.30 bits per heavy atom. The summed E-state index contributed by atoms with van der Waals surface area (Å²) in [6, 6.07) is 2.20. The lowest BCUT2D eigenvalue weighted by atomic mass is 9.67. The number of aliphatic hydroxyl groups is 1. The van der Waals surface area contributed by atoms with Gasteiger partial charge in [-0.2, -0.15) is 5.26 Å². The molecule has 0 radical (unpaired) electrons. The first-order valence-corrected chi connectivity index (χ1v) is 7.73. The monoisotopic (exact) mass is 278 g/mol. The van der Waals surface area contributed by atoms with Crippen molar-refractivity contribution in [1.29, 1.82) is 5.26 Å². The predicted molar refractivity (Wildman–Crippen MR) is 76.7 cm³/mol. The summed E-state index contributed by atoms with van der Waals surface area (Å²) in [5, 5.41) is 18.6. The highest BCUT2D eigenvalue weighted by Gasteiger charge is 2.39. The van der Waals surface area contributed by atoms with E-state index >= 15 is 0 Å². The quantitative estimate of drug-likeness (QED) is 0.844. The number of nitrogens with zero attached hydrogens (tertiary/aromatic N) is 2. The highest BCUT2D eigenvalue weighted by Crippen LogP contribution is 2.44. The van der Waals surface area contributed by atoms with E-state index < -0.39 is 5.41 Å². The van der Waals surface area contributed by atoms with Gasteiger partial charge in [-0.1, -0.05) is 0 Å². The number of carbonyl (C=O) groups excluding carboxylic acids is 1. The van der Waals surface area contributed by atoms with Gasteiger partial charge in [0.2, 0.25) is 5.91 Å². The third kappa shape index (κ3) is 3.52. The fourth-order valence-corrected chi connectivity index (χ4v) is 3.47. The van der Waals surface area contributed by atoms with Crippen molar-refractivity contribution < 1.29 is 9.90 Å². The van der Waals surface area contributed by atoms with E-state index in [-0.39, 0.29) is 12.0 Å². The molecular formula is C16H26N2O2. The third-order valence-corrected chi connectivity index (χ3v) is 5.09. The van der Waals surface area contributed by atoms with Crippen molar-refractivity contribution in [3.05, 3.63) is 0 Å². The van der Waals surface area contributed by atoms with Crippen LogP contribution in [-0.2, 0) is 4.79 Å². The fourth-order valence-electron chi connectivity index (χ4n) is 3.47. The maximum absolute atomic E-state index is 12.2. The molecule has 0 aromatic rings. The Morgan fingerprint density at radius 3 is 2.35 bits per heavy atom. The minimum atomic E-state index is -0.568. The standard InChI is InChI=1S/C16H26N2O2/c1-15(2,12-17)11-14(20)18-9-7-16(8-10-18)5-3-13(19)4-6-16/h13,19H,3-11H2,1-2H3. The zero-order valence-electron chi connectivity index (χ0n) is 12.7. The van der Waals surface area contributed by atoms with Crippen LogP contribution < -0.4 is 0 Å². The number of hydrogen-bond acceptors (Lipinski definition) is 3. The summed E-state index contributed by atoms with van der Waals surface area (Å²) in [5.74, 6) is 0.113. The summed E-state index contributed by atoms with van der Waals surface area (Å²) in [4.78, 5) is 14.2. The van der Waals surface area contributed by atoms with E-state index in [1.54, 1.807) is 0 Å². The molecule has 20 heavy (non-hydrogen) atoms. The second-order valence-corrected chi connectivity index (χ2v) is 7.28. The van der Waals surface area contributed by atoms with Crippen molar-refractivity contribution in [1.82, 2.24) is 4.90 Å². The molecule has 1 saturated heterocycles. The number of likely N-dealkylation sites (tertiary alicyclic amines) is 1. The van der Waals surface area contributed by atoms with E-state index in [1.807, 2.05) is 18.7 Å². The van der Waals surface area contributed by atoms with Gasteiger partial charge in [-0.15, -0.1) is 0 Å². The van der Waals surface area contributed by atoms with Crippen LogP contribution in [0.15, 0.2) is 0 Å². The summed E-state index contributed by atoms with van der Waals surface area (Å²) >= 11 is 0. The largest absolute Gasteiger partial charge is 0.393 e. The van der Waals surface area contributed by atoms with Crippen LogP contribution in [0.4, 0.5) is 0 Å². The lowest BCUT2D eigenvalue weighted by Gasteiger charge is -2.45. The molecule has 2 fully saturated rings. The average molecular weight is 278 g/mol. The van der Waals surface area contributed by atoms with Crippen molar-refractivity contribution in [2.45, 2.75) is 64.9 Å². The molecule has 1 aliphatic heterocycles. The van der Waals surface area contributed by atoms with E-state index in [0.717, 1.165) is 51.6 Å². The van der Waals surface area contributed by atoms with Gasteiger partial charge in [-0.05, 0) is 57.8 Å². The molecule has 1 aliphatic carbocycles. The second-order valence-electron chi connectivity index (χ2n) is 7.28. The molecule has 1 amide bonds. The van der Waals surface area contributed by atoms with Gasteiger partial charge < -0.3 is 10.0 Å². The first kappa shape index (κ1) is 15.3. The highest BCUT2D eigenvalue weighted by molar-refractivity contribution is 5.77. The van der Waals surface area contributed by atoms with Crippen LogP contribution in [-0.4, -0.2) is 35.1 Å². The van der Waals surface area contributed by atoms with Crippen molar-refractivity contribution in [3.63, 3.8) is 0 Å². The molecule has 112 valence electrons. The summed E-state index contributed by atoms with van der Waals surface area (Å²) in [5.41, 5.74) is -0.206. The van der Waals surface area contributed by atoms with E-state index in [4.69, 9.17) is 5.26 Å². The first-order valence-electron chi connectivity index (χ1n) is 7.73. The topological polar surface area (TPSA) is 64.3 Å². The molecule has 1 N–H and O–H groups in total. The lowest BCUT2D eigenvalue weighted by molar-refractivity contribution is -0.135. The smallest absolute Gasteiger partial charge is 0.224 e. The van der Waals surface area contributed by atoms with Gasteiger partial charge in [0.1, 0.15) is 0 Å². The minimum absolute atomic E-state index is 0.113. The molecule has 1 heterocycles. The van der Waals surface area contributed by atoms with E-state index in [0.29, 0.717) is 11.8 Å². The lowest BCUT2D eigenvalue weighted by Crippen LogP contribution is -2.45. The molecule has 4 nitrogen and oxygen atoms in total. The Bertz CT molecular complexity index is 393. The maximum Gasteiger partial charge on any atom is 0.224 e. The SMILES string of the molecule is CC(C)(C#N)CC(=O)N1CCC2(CCC(O)CC2)CC1. The molecule has 0 aromatic carbocycles. The van der Waals surface area contributed by atoms with Crippen LogP contribution in [0.3, 0.4) is 0 Å². The summed E-state index contributed by atoms with van der Waals surface area (Å²) in [6.07, 6.45) is 6.33. The molecule has 0 atom stereocenters. The van der Waals surface area contributed by atoms with E-state index in [2.05, 4.69) is 6.07 Å². The normalized spacial score (nSPS) is 23.6. The third-order valence-electron chi connectivity index (χ3n) is 5.09. The van der Waals surface area contributed by atoms with E-state index in [1.165, 1.54) is 0 Å². The molecule has 2 rings (SSSR count). The average Bonchev–Trinajstić information content (AvgIpc) is 2.43. The highest BCUT2D eigenvalue weighted by atomic mass is 16.3. The number of hydrogen-bond donors (Lipinski definition) is 1. The van der Waals surface area contributed by atoms with Gasteiger partial charge in [-0.3, -0.25) is 4.79 Å². The van der Waals surface area contributed by atoms with Crippen LogP contribution in [0.25, 0.3) is 0 Å². The van der Waals surface area contributed by atoms with Gasteiger partial charge in [0, 0.05) is 19.5 Å². The Balaban J connectivity index is 1.85. The minimum Gasteiger partial charge on any atom is -0.393 e. The zero-order valence-corrected chi connectivity index (χ0v) is 12.7. The van der Waals surface area contributed by atoms with Crippen molar-refractivity contribution in [3.8, 4) is 6.07 Å². The number of amides is 1. The Labute approximate surface area is 121 Å².